The molecule has 1 aromatic rings. The van der Waals surface area contributed by atoms with Crippen LogP contribution in [0.15, 0.2) is 30.3 Å². The fraction of sp³-hybridized carbons (Fsp3) is 0.455. The third-order valence-corrected chi connectivity index (χ3v) is 3.31. The van der Waals surface area contributed by atoms with Crippen LogP contribution in [-0.2, 0) is 10.3 Å². The van der Waals surface area contributed by atoms with Gasteiger partial charge in [0, 0.05) is 13.1 Å². The maximum absolute atomic E-state index is 10.8. The van der Waals surface area contributed by atoms with Crippen molar-refractivity contribution in [2.45, 2.75) is 13.0 Å². The molecule has 0 saturated carbocycles. The van der Waals surface area contributed by atoms with Crippen LogP contribution >= 0.6 is 0 Å². The van der Waals surface area contributed by atoms with Crippen molar-refractivity contribution in [3.63, 3.8) is 0 Å². The minimum atomic E-state index is -4.53. The molecule has 0 aliphatic carbocycles. The number of hydrogen-bond acceptors (Lipinski definition) is 5. The Morgan fingerprint density at radius 2 is 1.95 bits per heavy atom. The van der Waals surface area contributed by atoms with Crippen molar-refractivity contribution in [1.82, 2.24) is 4.31 Å². The number of aliphatic hydroxyl groups excluding tert-OH is 1. The molecule has 102 valence electrons. The van der Waals surface area contributed by atoms with Gasteiger partial charge in [-0.2, -0.15) is 0 Å². The summed E-state index contributed by atoms with van der Waals surface area (Å²) < 4.78 is 38.3. The minimum Gasteiger partial charge on any atom is -0.735 e. The van der Waals surface area contributed by atoms with Crippen molar-refractivity contribution < 1.29 is 74.2 Å². The van der Waals surface area contributed by atoms with Gasteiger partial charge in [-0.3, -0.25) is 0 Å². The molecule has 0 bridgehead atoms. The Labute approximate surface area is 156 Å². The zero-order valence-corrected chi connectivity index (χ0v) is 15.0. The molecule has 1 N–H and O–H groups in total. The van der Waals surface area contributed by atoms with E-state index >= 15 is 0 Å². The molecule has 6 nitrogen and oxygen atoms in total. The fourth-order valence-electron chi connectivity index (χ4n) is 1.38. The molecule has 0 aliphatic heterocycles. The summed E-state index contributed by atoms with van der Waals surface area (Å²) in [6, 6.07) is 8.82. The second kappa shape index (κ2) is 9.43. The predicted octanol–water partition coefficient (Wildman–Crippen LogP) is -2.79. The summed E-state index contributed by atoms with van der Waals surface area (Å²) in [4.78, 5) is 0. The average Bonchev–Trinajstić information content (AvgIpc) is 2.33. The molecule has 0 aliphatic rings. The summed E-state index contributed by atoms with van der Waals surface area (Å²) in [6.07, 6.45) is -1.05. The maximum Gasteiger partial charge on any atom is 1.00 e. The number of nitrogens with zero attached hydrogens (tertiary/aromatic N) is 1. The van der Waals surface area contributed by atoms with E-state index in [9.17, 15) is 18.1 Å². The van der Waals surface area contributed by atoms with Gasteiger partial charge in [-0.05, 0) is 12.1 Å². The van der Waals surface area contributed by atoms with Crippen LogP contribution in [0.1, 0.15) is 6.92 Å². The Morgan fingerprint density at radius 1 is 1.37 bits per heavy atom. The molecule has 8 heteroatoms. The third-order valence-electron chi connectivity index (χ3n) is 2.27. The van der Waals surface area contributed by atoms with Gasteiger partial charge in [0.1, 0.15) is 18.5 Å². The smallest absolute Gasteiger partial charge is 0.735 e. The van der Waals surface area contributed by atoms with Crippen LogP contribution in [0, 0.1) is 0 Å². The Bertz CT molecular complexity index is 453. The van der Waals surface area contributed by atoms with Crippen LogP contribution in [0.2, 0.25) is 0 Å². The van der Waals surface area contributed by atoms with Gasteiger partial charge in [-0.15, -0.1) is 0 Å². The zero-order valence-electron chi connectivity index (χ0n) is 11.0. The molecule has 0 spiro atoms. The molecule has 0 saturated heterocycles. The van der Waals surface area contributed by atoms with Crippen molar-refractivity contribution in [2.75, 3.05) is 19.7 Å². The van der Waals surface area contributed by atoms with Crippen LogP contribution in [-0.4, -0.2) is 48.2 Å². The van der Waals surface area contributed by atoms with E-state index in [-0.39, 0.29) is 71.1 Å². The van der Waals surface area contributed by atoms with Crippen molar-refractivity contribution in [2.24, 2.45) is 0 Å². The minimum absolute atomic E-state index is 0. The normalized spacial score (nSPS) is 12.8. The van der Waals surface area contributed by atoms with Crippen molar-refractivity contribution in [1.29, 1.82) is 0 Å². The maximum atomic E-state index is 10.8. The molecule has 1 rings (SSSR count). The first-order valence-corrected chi connectivity index (χ1v) is 6.87. The van der Waals surface area contributed by atoms with Gasteiger partial charge >= 0.3 is 51.4 Å². The second-order valence-corrected chi connectivity index (χ2v) is 5.06. The largest absolute Gasteiger partial charge is 1.00 e. The molecule has 0 radical (unpaired) electrons. The van der Waals surface area contributed by atoms with E-state index in [0.29, 0.717) is 10.1 Å². The first-order chi connectivity index (χ1) is 8.43. The zero-order chi connectivity index (χ0) is 13.6. The van der Waals surface area contributed by atoms with E-state index in [0.717, 1.165) is 0 Å². The average molecular weight is 313 g/mol. The van der Waals surface area contributed by atoms with Crippen LogP contribution in [0.5, 0.6) is 5.75 Å². The molecule has 0 heterocycles. The van der Waals surface area contributed by atoms with Crippen molar-refractivity contribution in [3.05, 3.63) is 30.3 Å². The summed E-state index contributed by atoms with van der Waals surface area (Å²) in [5, 5.41) is 9.61. The predicted molar refractivity (Wildman–Crippen MR) is 64.9 cm³/mol. The second-order valence-electron chi connectivity index (χ2n) is 3.69. The van der Waals surface area contributed by atoms with Crippen LogP contribution in [0.3, 0.4) is 0 Å². The van der Waals surface area contributed by atoms with Gasteiger partial charge < -0.3 is 14.4 Å². The number of ether oxygens (including phenoxy) is 1. The summed E-state index contributed by atoms with van der Waals surface area (Å²) >= 11 is 0. The molecule has 0 fully saturated rings. The number of para-hydroxylation sites is 1. The van der Waals surface area contributed by atoms with Gasteiger partial charge in [0.05, 0.1) is 0 Å². The number of hydrogen-bond donors (Lipinski definition) is 1. The van der Waals surface area contributed by atoms with Gasteiger partial charge in [0.25, 0.3) is 0 Å². The molecular weight excluding hydrogens is 297 g/mol. The van der Waals surface area contributed by atoms with Crippen molar-refractivity contribution >= 4 is 10.3 Å². The van der Waals surface area contributed by atoms with Gasteiger partial charge in [-0.25, -0.2) is 12.7 Å². The first-order valence-electron chi connectivity index (χ1n) is 5.50. The van der Waals surface area contributed by atoms with E-state index in [4.69, 9.17) is 4.74 Å². The Balaban J connectivity index is 0.00000324. The van der Waals surface area contributed by atoms with Crippen LogP contribution < -0.4 is 56.1 Å². The number of rotatable bonds is 7. The van der Waals surface area contributed by atoms with Gasteiger partial charge in [0.2, 0.25) is 0 Å². The first kappa shape index (κ1) is 19.5. The van der Waals surface area contributed by atoms with Crippen LogP contribution in [0.25, 0.3) is 0 Å². The number of benzene rings is 1. The van der Waals surface area contributed by atoms with E-state index in [1.54, 1.807) is 24.3 Å². The Morgan fingerprint density at radius 3 is 2.42 bits per heavy atom. The summed E-state index contributed by atoms with van der Waals surface area (Å²) in [6.45, 7) is 1.21. The quantitative estimate of drug-likeness (QED) is 0.434. The van der Waals surface area contributed by atoms with E-state index < -0.39 is 16.4 Å². The standard InChI is InChI=1S/C11H17NO5S.K/c1-2-12(18(14,15)16)8-10(13)9-17-11-6-4-3-5-7-11;/h3-7,10,13H,2,8-9H2,1H3,(H,14,15,16);/q;+1/p-1. The molecular formula is C11H16KNO5S. The van der Waals surface area contributed by atoms with E-state index in [2.05, 4.69) is 0 Å². The van der Waals surface area contributed by atoms with Gasteiger partial charge in [0.15, 0.2) is 10.3 Å². The molecule has 1 atom stereocenters. The SMILES string of the molecule is CCN(CC(O)COc1ccccc1)S(=O)(=O)[O-].[K+]. The van der Waals surface area contributed by atoms with E-state index in [1.165, 1.54) is 6.92 Å². The van der Waals surface area contributed by atoms with Crippen LogP contribution in [0.4, 0.5) is 0 Å². The molecule has 19 heavy (non-hydrogen) atoms. The number of likely N-dealkylation sites (N-methyl/N-ethyl adjacent to an activating group) is 1. The summed E-state index contributed by atoms with van der Waals surface area (Å²) in [7, 11) is -4.53. The third kappa shape index (κ3) is 7.74. The molecule has 1 aromatic carbocycles. The summed E-state index contributed by atoms with van der Waals surface area (Å²) in [5.74, 6) is 0.574. The Kier molecular flexibility index (Phi) is 9.67. The monoisotopic (exact) mass is 313 g/mol. The molecule has 0 aromatic heterocycles. The fourth-order valence-corrected chi connectivity index (χ4v) is 2.05. The van der Waals surface area contributed by atoms with Gasteiger partial charge in [-0.1, -0.05) is 25.1 Å². The molecule has 1 unspecified atom stereocenters. The topological polar surface area (TPSA) is 89.9 Å². The Hall–Kier alpha value is 0.486. The summed E-state index contributed by atoms with van der Waals surface area (Å²) in [5.41, 5.74) is 0. The van der Waals surface area contributed by atoms with E-state index in [1.807, 2.05) is 6.07 Å². The van der Waals surface area contributed by atoms with Crippen molar-refractivity contribution in [3.8, 4) is 5.75 Å². The molecule has 0 amide bonds. The number of aliphatic hydroxyl groups is 1.